The van der Waals surface area contributed by atoms with Gasteiger partial charge in [-0.05, 0) is 120 Å². The van der Waals surface area contributed by atoms with E-state index in [2.05, 4.69) is 226 Å². The van der Waals surface area contributed by atoms with Gasteiger partial charge in [0.05, 0.1) is 5.69 Å². The number of benzene rings is 8. The van der Waals surface area contributed by atoms with Gasteiger partial charge in [0.1, 0.15) is 11.2 Å². The first-order valence-corrected chi connectivity index (χ1v) is 22.3. The number of furan rings is 1. The van der Waals surface area contributed by atoms with E-state index in [1.807, 2.05) is 0 Å². The first-order chi connectivity index (χ1) is 29.5. The first-order valence-electron chi connectivity index (χ1n) is 22.3. The predicted octanol–water partition coefficient (Wildman–Crippen LogP) is 17.1. The van der Waals surface area contributed by atoms with Crippen molar-refractivity contribution in [3.63, 3.8) is 0 Å². The van der Waals surface area contributed by atoms with E-state index >= 15 is 0 Å². The van der Waals surface area contributed by atoms with Gasteiger partial charge in [0.15, 0.2) is 0 Å². The zero-order valence-electron chi connectivity index (χ0n) is 37.8. The van der Waals surface area contributed by atoms with Crippen molar-refractivity contribution in [2.45, 2.75) is 90.9 Å². The molecule has 306 valence electrons. The van der Waals surface area contributed by atoms with E-state index in [1.165, 1.54) is 94.0 Å². The van der Waals surface area contributed by atoms with Crippen molar-refractivity contribution in [1.29, 1.82) is 0 Å². The third-order valence-corrected chi connectivity index (χ3v) is 14.3. The topological polar surface area (TPSA) is 16.4 Å². The summed E-state index contributed by atoms with van der Waals surface area (Å²) in [6.07, 6.45) is 0. The molecule has 8 aromatic carbocycles. The molecule has 0 atom stereocenters. The molecule has 0 unspecified atom stereocenters. The second kappa shape index (κ2) is 13.1. The van der Waals surface area contributed by atoms with Crippen LogP contribution in [0.1, 0.15) is 103 Å². The highest BCUT2D eigenvalue weighted by atomic mass is 16.3. The second-order valence-electron chi connectivity index (χ2n) is 21.0. The van der Waals surface area contributed by atoms with Crippen LogP contribution in [0.15, 0.2) is 156 Å². The van der Waals surface area contributed by atoms with Crippen molar-refractivity contribution >= 4 is 49.8 Å². The SMILES string of the molecule is CC(C)(C)c1cc(C(C)(C)C)c2oc3ccc4c(c3c2c1)-c1c(N(c2ccc(-c3cccc5ccccc35)cc2)c2ccc3c(c2)C(C)(C)c2ccccc2-3)cccc1C4(C)C. The maximum absolute atomic E-state index is 7.03. The van der Waals surface area contributed by atoms with E-state index in [1.54, 1.807) is 0 Å². The fourth-order valence-corrected chi connectivity index (χ4v) is 10.9. The minimum atomic E-state index is -0.238. The lowest BCUT2D eigenvalue weighted by atomic mass is 9.79. The molecule has 1 heterocycles. The number of anilines is 3. The molecule has 0 aliphatic heterocycles. The van der Waals surface area contributed by atoms with Gasteiger partial charge in [-0.25, -0.2) is 0 Å². The van der Waals surface area contributed by atoms with Gasteiger partial charge in [-0.3, -0.25) is 0 Å². The molecule has 1 aromatic heterocycles. The number of nitrogens with zero attached hydrogens (tertiary/aromatic N) is 1. The maximum atomic E-state index is 7.03. The van der Waals surface area contributed by atoms with Gasteiger partial charge in [-0.2, -0.15) is 0 Å². The lowest BCUT2D eigenvalue weighted by Gasteiger charge is -2.30. The summed E-state index contributed by atoms with van der Waals surface area (Å²) in [6.45, 7) is 23.4. The molecule has 2 aliphatic rings. The van der Waals surface area contributed by atoms with Crippen molar-refractivity contribution in [3.8, 4) is 33.4 Å². The Morgan fingerprint density at radius 1 is 0.468 bits per heavy atom. The van der Waals surface area contributed by atoms with Gasteiger partial charge < -0.3 is 9.32 Å². The monoisotopic (exact) mass is 805 g/mol. The van der Waals surface area contributed by atoms with Crippen LogP contribution in [0.4, 0.5) is 17.1 Å². The molecule has 11 rings (SSSR count). The number of hydrogen-bond donors (Lipinski definition) is 0. The molecular formula is C60H55NO. The van der Waals surface area contributed by atoms with Crippen molar-refractivity contribution in [3.05, 3.63) is 185 Å². The minimum absolute atomic E-state index is 0.0337. The molecule has 62 heavy (non-hydrogen) atoms. The van der Waals surface area contributed by atoms with E-state index in [0.717, 1.165) is 22.5 Å². The molecule has 0 spiro atoms. The zero-order chi connectivity index (χ0) is 43.1. The largest absolute Gasteiger partial charge is 0.456 e. The van der Waals surface area contributed by atoms with Crippen molar-refractivity contribution < 1.29 is 4.42 Å². The van der Waals surface area contributed by atoms with E-state index in [0.29, 0.717) is 0 Å². The van der Waals surface area contributed by atoms with Crippen LogP contribution < -0.4 is 4.90 Å². The summed E-state index contributed by atoms with van der Waals surface area (Å²) < 4.78 is 7.03. The lowest BCUT2D eigenvalue weighted by molar-refractivity contribution is 0.559. The molecule has 9 aromatic rings. The molecule has 0 saturated carbocycles. The number of fused-ring (bicyclic) bond motifs is 11. The summed E-state index contributed by atoms with van der Waals surface area (Å²) >= 11 is 0. The van der Waals surface area contributed by atoms with Crippen molar-refractivity contribution in [2.75, 3.05) is 4.90 Å². The standard InChI is InChI=1S/C60H55NO/c1-57(2,3)38-33-45-53-52(62-56(45)50(34-38)58(4,5)6)32-31-48-55(53)54-47(60(48,9)10)23-16-24-51(54)61(40-29-30-44-43-20-13-14-22-46(43)59(7,8)49(44)35-40)39-27-25-37(26-28-39)42-21-15-18-36-17-11-12-19-41(36)42/h11-35H,1-10H3. The number of hydrogen-bond acceptors (Lipinski definition) is 2. The van der Waals surface area contributed by atoms with E-state index in [9.17, 15) is 0 Å². The number of rotatable bonds is 4. The third-order valence-electron chi connectivity index (χ3n) is 14.3. The Morgan fingerprint density at radius 3 is 1.87 bits per heavy atom. The van der Waals surface area contributed by atoms with Gasteiger partial charge in [0.2, 0.25) is 0 Å². The van der Waals surface area contributed by atoms with Crippen LogP contribution in [-0.4, -0.2) is 0 Å². The molecule has 2 aliphatic carbocycles. The van der Waals surface area contributed by atoms with Crippen LogP contribution in [0.3, 0.4) is 0 Å². The van der Waals surface area contributed by atoms with Gasteiger partial charge in [-0.15, -0.1) is 0 Å². The average molecular weight is 806 g/mol. The molecule has 0 N–H and O–H groups in total. The van der Waals surface area contributed by atoms with Crippen LogP contribution in [0.25, 0.3) is 66.1 Å². The Kier molecular flexibility index (Phi) is 8.12. The van der Waals surface area contributed by atoms with E-state index < -0.39 is 0 Å². The second-order valence-corrected chi connectivity index (χ2v) is 21.0. The van der Waals surface area contributed by atoms with Gasteiger partial charge >= 0.3 is 0 Å². The first kappa shape index (κ1) is 38.5. The lowest BCUT2D eigenvalue weighted by Crippen LogP contribution is -2.17. The van der Waals surface area contributed by atoms with Gasteiger partial charge in [-0.1, -0.05) is 178 Å². The Morgan fingerprint density at radius 2 is 1.10 bits per heavy atom. The van der Waals surface area contributed by atoms with Crippen LogP contribution >= 0.6 is 0 Å². The zero-order valence-corrected chi connectivity index (χ0v) is 37.8. The summed E-state index contributed by atoms with van der Waals surface area (Å²) in [5, 5.41) is 4.93. The van der Waals surface area contributed by atoms with E-state index in [4.69, 9.17) is 4.42 Å². The minimum Gasteiger partial charge on any atom is -0.456 e. The average Bonchev–Trinajstić information content (AvgIpc) is 3.82. The fraction of sp³-hybridized carbons (Fsp3) is 0.233. The molecule has 0 amide bonds. The van der Waals surface area contributed by atoms with Gasteiger partial charge in [0, 0.05) is 44.1 Å². The van der Waals surface area contributed by atoms with Gasteiger partial charge in [0.25, 0.3) is 0 Å². The molecule has 0 fully saturated rings. The molecule has 2 nitrogen and oxygen atoms in total. The van der Waals surface area contributed by atoms with Crippen molar-refractivity contribution in [1.82, 2.24) is 0 Å². The highest BCUT2D eigenvalue weighted by Gasteiger charge is 2.41. The highest BCUT2D eigenvalue weighted by Crippen LogP contribution is 2.59. The summed E-state index contributed by atoms with van der Waals surface area (Å²) in [7, 11) is 0. The molecule has 0 bridgehead atoms. The molecule has 0 radical (unpaired) electrons. The van der Waals surface area contributed by atoms with Crippen LogP contribution in [0.5, 0.6) is 0 Å². The fourth-order valence-electron chi connectivity index (χ4n) is 10.9. The Hall–Kier alpha value is -6.38. The Balaban J connectivity index is 1.19. The molecular weight excluding hydrogens is 751 g/mol. The summed E-state index contributed by atoms with van der Waals surface area (Å²) in [4.78, 5) is 2.53. The molecule has 2 heteroatoms. The summed E-state index contributed by atoms with van der Waals surface area (Å²) in [6, 6.07) is 57.0. The third kappa shape index (κ3) is 5.55. The maximum Gasteiger partial charge on any atom is 0.139 e. The predicted molar refractivity (Wildman–Crippen MR) is 264 cm³/mol. The smallest absolute Gasteiger partial charge is 0.139 e. The summed E-state index contributed by atoms with van der Waals surface area (Å²) in [5.74, 6) is 0. The Labute approximate surface area is 366 Å². The van der Waals surface area contributed by atoms with Crippen LogP contribution in [0.2, 0.25) is 0 Å². The van der Waals surface area contributed by atoms with Crippen LogP contribution in [-0.2, 0) is 21.7 Å². The summed E-state index contributed by atoms with van der Waals surface area (Å²) in [5.41, 5.74) is 20.5. The van der Waals surface area contributed by atoms with Crippen LogP contribution in [0, 0.1) is 0 Å². The molecule has 0 saturated heterocycles. The normalized spacial score (nSPS) is 14.9. The quantitative estimate of drug-likeness (QED) is 0.176. The Bertz CT molecular complexity index is 3300. The van der Waals surface area contributed by atoms with E-state index in [-0.39, 0.29) is 21.7 Å². The highest BCUT2D eigenvalue weighted by molar-refractivity contribution is 6.17. The van der Waals surface area contributed by atoms with Crippen molar-refractivity contribution in [2.24, 2.45) is 0 Å².